The van der Waals surface area contributed by atoms with Gasteiger partial charge in [-0.3, -0.25) is 4.79 Å². The molecule has 1 aromatic rings. The van der Waals surface area contributed by atoms with Crippen LogP contribution < -0.4 is 10.2 Å². The number of hydrazone groups is 1. The number of benzene rings is 1. The maximum absolute atomic E-state index is 11.8. The second kappa shape index (κ2) is 7.04. The topological polar surface area (TPSA) is 50.7 Å². The Morgan fingerprint density at radius 3 is 2.65 bits per heavy atom. The highest BCUT2D eigenvalue weighted by Gasteiger charge is 2.32. The summed E-state index contributed by atoms with van der Waals surface area (Å²) in [5.74, 6) is 2.99. The van der Waals surface area contributed by atoms with Crippen molar-refractivity contribution >= 4 is 35.6 Å². The molecule has 0 unspecified atom stereocenters. The summed E-state index contributed by atoms with van der Waals surface area (Å²) in [5, 5.41) is 3.99. The molecule has 1 heterocycles. The van der Waals surface area contributed by atoms with E-state index in [1.54, 1.807) is 13.3 Å². The lowest BCUT2D eigenvalue weighted by Crippen LogP contribution is -2.26. The fourth-order valence-electron chi connectivity index (χ4n) is 1.86. The smallest absolute Gasteiger partial charge is 0.242 e. The van der Waals surface area contributed by atoms with Crippen LogP contribution in [0.1, 0.15) is 18.9 Å². The highest BCUT2D eigenvalue weighted by molar-refractivity contribution is 8.21. The molecule has 2 rings (SSSR count). The molecule has 1 amide bonds. The molecule has 0 radical (unpaired) electrons. The summed E-state index contributed by atoms with van der Waals surface area (Å²) < 4.78 is 5.08. The van der Waals surface area contributed by atoms with Crippen molar-refractivity contribution in [2.45, 2.75) is 17.4 Å². The molecule has 1 saturated heterocycles. The first-order valence-corrected chi connectivity index (χ1v) is 8.32. The summed E-state index contributed by atoms with van der Waals surface area (Å²) in [4.78, 5) is 11.8. The standard InChI is InChI=1S/C14H18N2O2S2/c1-14(19-7-8-20-14)9-13(17)16-15-10-11-3-5-12(18-2)6-4-11/h3-6,10H,7-9H2,1-2H3,(H,16,17)/b15-10+. The SMILES string of the molecule is COc1ccc(/C=N/NC(=O)CC2(C)SCCS2)cc1. The molecule has 108 valence electrons. The molecule has 0 bridgehead atoms. The van der Waals surface area contributed by atoms with Gasteiger partial charge in [0.2, 0.25) is 5.91 Å². The Balaban J connectivity index is 1.81. The van der Waals surface area contributed by atoms with Crippen LogP contribution in [-0.4, -0.2) is 34.8 Å². The van der Waals surface area contributed by atoms with Gasteiger partial charge in [0.25, 0.3) is 0 Å². The van der Waals surface area contributed by atoms with E-state index in [-0.39, 0.29) is 9.99 Å². The van der Waals surface area contributed by atoms with E-state index in [1.807, 2.05) is 47.8 Å². The molecule has 0 aromatic heterocycles. The first kappa shape index (κ1) is 15.3. The summed E-state index contributed by atoms with van der Waals surface area (Å²) in [6, 6.07) is 7.49. The van der Waals surface area contributed by atoms with Gasteiger partial charge in [0.05, 0.1) is 23.8 Å². The summed E-state index contributed by atoms with van der Waals surface area (Å²) >= 11 is 3.69. The molecule has 1 aliphatic rings. The normalized spacial score (nSPS) is 17.3. The zero-order chi connectivity index (χ0) is 14.4. The minimum Gasteiger partial charge on any atom is -0.497 e. The van der Waals surface area contributed by atoms with Crippen LogP contribution in [0.2, 0.25) is 0 Å². The number of nitrogens with zero attached hydrogens (tertiary/aromatic N) is 1. The van der Waals surface area contributed by atoms with Gasteiger partial charge in [0.1, 0.15) is 5.75 Å². The van der Waals surface area contributed by atoms with Crippen molar-refractivity contribution < 1.29 is 9.53 Å². The number of carbonyl (C=O) groups is 1. The molecule has 6 heteroatoms. The fourth-order valence-corrected chi connectivity index (χ4v) is 4.69. The first-order chi connectivity index (χ1) is 9.61. The molecule has 4 nitrogen and oxygen atoms in total. The summed E-state index contributed by atoms with van der Waals surface area (Å²) in [7, 11) is 1.63. The Morgan fingerprint density at radius 2 is 2.05 bits per heavy atom. The number of ether oxygens (including phenoxy) is 1. The van der Waals surface area contributed by atoms with Gasteiger partial charge >= 0.3 is 0 Å². The van der Waals surface area contributed by atoms with Crippen molar-refractivity contribution in [3.8, 4) is 5.75 Å². The number of thioether (sulfide) groups is 2. The van der Waals surface area contributed by atoms with E-state index in [2.05, 4.69) is 17.5 Å². The zero-order valence-corrected chi connectivity index (χ0v) is 13.2. The van der Waals surface area contributed by atoms with Crippen LogP contribution in [0.4, 0.5) is 0 Å². The lowest BCUT2D eigenvalue weighted by Gasteiger charge is -2.19. The highest BCUT2D eigenvalue weighted by Crippen LogP contribution is 2.45. The molecular weight excluding hydrogens is 292 g/mol. The third-order valence-corrected chi connectivity index (χ3v) is 6.19. The van der Waals surface area contributed by atoms with Gasteiger partial charge in [0, 0.05) is 11.5 Å². The van der Waals surface area contributed by atoms with Crippen LogP contribution in [0.3, 0.4) is 0 Å². The molecular formula is C14H18N2O2S2. The van der Waals surface area contributed by atoms with E-state index in [1.165, 1.54) is 0 Å². The average molecular weight is 310 g/mol. The van der Waals surface area contributed by atoms with Crippen LogP contribution >= 0.6 is 23.5 Å². The van der Waals surface area contributed by atoms with Crippen molar-refractivity contribution in [1.29, 1.82) is 0 Å². The minimum absolute atomic E-state index is 0.000281. The summed E-state index contributed by atoms with van der Waals surface area (Å²) in [6.45, 7) is 2.11. The van der Waals surface area contributed by atoms with Crippen molar-refractivity contribution in [3.05, 3.63) is 29.8 Å². The monoisotopic (exact) mass is 310 g/mol. The van der Waals surface area contributed by atoms with Crippen LogP contribution in [0, 0.1) is 0 Å². The van der Waals surface area contributed by atoms with Gasteiger partial charge in [-0.15, -0.1) is 23.5 Å². The van der Waals surface area contributed by atoms with E-state index in [0.717, 1.165) is 22.8 Å². The molecule has 0 aliphatic carbocycles. The Hall–Kier alpha value is -1.14. The number of carbonyl (C=O) groups excluding carboxylic acids is 1. The molecule has 0 atom stereocenters. The first-order valence-electron chi connectivity index (χ1n) is 6.35. The fraction of sp³-hybridized carbons (Fsp3) is 0.429. The van der Waals surface area contributed by atoms with Gasteiger partial charge in [-0.2, -0.15) is 5.10 Å². The number of hydrogen-bond donors (Lipinski definition) is 1. The third-order valence-electron chi connectivity index (χ3n) is 2.90. The van der Waals surface area contributed by atoms with E-state index in [9.17, 15) is 4.79 Å². The lowest BCUT2D eigenvalue weighted by atomic mass is 10.2. The predicted octanol–water partition coefficient (Wildman–Crippen LogP) is 2.73. The lowest BCUT2D eigenvalue weighted by molar-refractivity contribution is -0.121. The number of amides is 1. The van der Waals surface area contributed by atoms with Crippen molar-refractivity contribution in [1.82, 2.24) is 5.43 Å². The Kier molecular flexibility index (Phi) is 5.37. The van der Waals surface area contributed by atoms with Gasteiger partial charge in [-0.05, 0) is 36.8 Å². The van der Waals surface area contributed by atoms with Crippen molar-refractivity contribution in [2.24, 2.45) is 5.10 Å². The number of methoxy groups -OCH3 is 1. The molecule has 1 N–H and O–H groups in total. The zero-order valence-electron chi connectivity index (χ0n) is 11.6. The van der Waals surface area contributed by atoms with E-state index < -0.39 is 0 Å². The number of nitrogens with one attached hydrogen (secondary N) is 1. The van der Waals surface area contributed by atoms with Gasteiger partial charge in [-0.25, -0.2) is 5.43 Å². The Labute approximate surface area is 127 Å². The van der Waals surface area contributed by atoms with Crippen LogP contribution in [0.5, 0.6) is 5.75 Å². The summed E-state index contributed by atoms with van der Waals surface area (Å²) in [5.41, 5.74) is 3.50. The third kappa shape index (κ3) is 4.45. The second-order valence-corrected chi connectivity index (χ2v) is 8.03. The van der Waals surface area contributed by atoms with Crippen LogP contribution in [0.25, 0.3) is 0 Å². The molecule has 1 aliphatic heterocycles. The van der Waals surface area contributed by atoms with Crippen molar-refractivity contribution in [2.75, 3.05) is 18.6 Å². The van der Waals surface area contributed by atoms with E-state index >= 15 is 0 Å². The maximum atomic E-state index is 11.8. The van der Waals surface area contributed by atoms with Crippen LogP contribution in [-0.2, 0) is 4.79 Å². The molecule has 1 aromatic carbocycles. The largest absolute Gasteiger partial charge is 0.497 e. The number of hydrogen-bond acceptors (Lipinski definition) is 5. The van der Waals surface area contributed by atoms with Crippen molar-refractivity contribution in [3.63, 3.8) is 0 Å². The average Bonchev–Trinajstić information content (AvgIpc) is 2.86. The highest BCUT2D eigenvalue weighted by atomic mass is 32.2. The number of rotatable bonds is 5. The van der Waals surface area contributed by atoms with Crippen LogP contribution in [0.15, 0.2) is 29.4 Å². The quantitative estimate of drug-likeness (QED) is 0.671. The van der Waals surface area contributed by atoms with Gasteiger partial charge in [-0.1, -0.05) is 0 Å². The van der Waals surface area contributed by atoms with Gasteiger partial charge in [0.15, 0.2) is 0 Å². The van der Waals surface area contributed by atoms with E-state index in [0.29, 0.717) is 6.42 Å². The molecule has 0 spiro atoms. The second-order valence-electron chi connectivity index (χ2n) is 4.57. The Bertz CT molecular complexity index is 482. The predicted molar refractivity (Wildman–Crippen MR) is 86.7 cm³/mol. The molecule has 20 heavy (non-hydrogen) atoms. The summed E-state index contributed by atoms with van der Waals surface area (Å²) in [6.07, 6.45) is 2.12. The Morgan fingerprint density at radius 1 is 1.40 bits per heavy atom. The van der Waals surface area contributed by atoms with E-state index in [4.69, 9.17) is 4.74 Å². The molecule has 0 saturated carbocycles. The maximum Gasteiger partial charge on any atom is 0.242 e. The minimum atomic E-state index is -0.0424. The van der Waals surface area contributed by atoms with Gasteiger partial charge < -0.3 is 4.74 Å². The molecule has 1 fully saturated rings.